The second-order valence-corrected chi connectivity index (χ2v) is 7.64. The molecule has 1 N–H and O–H groups in total. The third-order valence-electron chi connectivity index (χ3n) is 4.02. The van der Waals surface area contributed by atoms with Crippen LogP contribution in [-0.2, 0) is 14.8 Å². The molecule has 27 heavy (non-hydrogen) atoms. The fourth-order valence-electron chi connectivity index (χ4n) is 2.67. The van der Waals surface area contributed by atoms with E-state index >= 15 is 0 Å². The molecule has 0 heterocycles. The Labute approximate surface area is 157 Å². The van der Waals surface area contributed by atoms with Crippen LogP contribution in [0.25, 0.3) is 16.8 Å². The minimum Gasteiger partial charge on any atom is -0.295 e. The van der Waals surface area contributed by atoms with Crippen LogP contribution in [0.15, 0.2) is 77.7 Å². The van der Waals surface area contributed by atoms with E-state index in [2.05, 4.69) is 0 Å². The zero-order valence-electron chi connectivity index (χ0n) is 14.5. The minimum atomic E-state index is -4.07. The van der Waals surface area contributed by atoms with Gasteiger partial charge in [0.25, 0.3) is 15.9 Å². The summed E-state index contributed by atoms with van der Waals surface area (Å²) >= 11 is 0. The highest BCUT2D eigenvalue weighted by Crippen LogP contribution is 2.19. The number of ketones is 1. The number of carbonyl (C=O) groups is 2. The van der Waals surface area contributed by atoms with E-state index < -0.39 is 15.9 Å². The van der Waals surface area contributed by atoms with Crippen molar-refractivity contribution in [1.29, 1.82) is 0 Å². The number of fused-ring (bicyclic) bond motifs is 1. The highest BCUT2D eigenvalue weighted by atomic mass is 32.2. The second kappa shape index (κ2) is 7.55. The van der Waals surface area contributed by atoms with Gasteiger partial charge in [0, 0.05) is 11.6 Å². The lowest BCUT2D eigenvalue weighted by Gasteiger charge is -2.06. The third-order valence-corrected chi connectivity index (χ3v) is 5.37. The summed E-state index contributed by atoms with van der Waals surface area (Å²) in [4.78, 5) is 23.4. The molecule has 0 atom stereocenters. The fourth-order valence-corrected chi connectivity index (χ4v) is 3.66. The molecule has 0 aromatic heterocycles. The zero-order chi connectivity index (χ0) is 19.4. The van der Waals surface area contributed by atoms with E-state index in [-0.39, 0.29) is 16.2 Å². The van der Waals surface area contributed by atoms with Crippen molar-refractivity contribution in [2.45, 2.75) is 11.8 Å². The maximum absolute atomic E-state index is 12.4. The summed E-state index contributed by atoms with van der Waals surface area (Å²) < 4.78 is 26.7. The molecular formula is C21H17NO4S. The molecule has 0 aliphatic rings. The largest absolute Gasteiger partial charge is 0.295 e. The molecular weight excluding hydrogens is 362 g/mol. The van der Waals surface area contributed by atoms with Crippen LogP contribution in [0.4, 0.5) is 0 Å². The number of amides is 1. The first-order valence-corrected chi connectivity index (χ1v) is 9.69. The molecule has 0 spiro atoms. The SMILES string of the molecule is CC(=O)c1cccc(S(=O)(=O)NC(=O)/C=C/c2cccc3ccccc23)c1. The summed E-state index contributed by atoms with van der Waals surface area (Å²) in [6, 6.07) is 18.9. The van der Waals surface area contributed by atoms with Crippen LogP contribution in [-0.4, -0.2) is 20.1 Å². The summed E-state index contributed by atoms with van der Waals surface area (Å²) in [7, 11) is -4.07. The van der Waals surface area contributed by atoms with E-state index in [1.54, 1.807) is 6.08 Å². The first kappa shape index (κ1) is 18.5. The Kier molecular flexibility index (Phi) is 5.19. The topological polar surface area (TPSA) is 80.3 Å². The predicted molar refractivity (Wildman–Crippen MR) is 105 cm³/mol. The van der Waals surface area contributed by atoms with Crippen LogP contribution in [0.3, 0.4) is 0 Å². The lowest BCUT2D eigenvalue weighted by Crippen LogP contribution is -2.29. The van der Waals surface area contributed by atoms with Gasteiger partial charge in [0.2, 0.25) is 0 Å². The summed E-state index contributed by atoms with van der Waals surface area (Å²) in [5.41, 5.74) is 1.07. The number of benzene rings is 3. The monoisotopic (exact) mass is 379 g/mol. The van der Waals surface area contributed by atoms with Gasteiger partial charge in [-0.1, -0.05) is 54.6 Å². The highest BCUT2D eigenvalue weighted by molar-refractivity contribution is 7.90. The van der Waals surface area contributed by atoms with E-state index in [9.17, 15) is 18.0 Å². The smallest absolute Gasteiger partial charge is 0.264 e. The molecule has 3 rings (SSSR count). The zero-order valence-corrected chi connectivity index (χ0v) is 15.4. The molecule has 0 aliphatic carbocycles. The van der Waals surface area contributed by atoms with Crippen molar-refractivity contribution in [3.8, 4) is 0 Å². The lowest BCUT2D eigenvalue weighted by atomic mass is 10.0. The quantitative estimate of drug-likeness (QED) is 0.543. The maximum atomic E-state index is 12.4. The average molecular weight is 379 g/mol. The number of Topliss-reactive ketones (excluding diaryl/α,β-unsaturated/α-hetero) is 1. The van der Waals surface area contributed by atoms with E-state index in [4.69, 9.17) is 0 Å². The molecule has 1 amide bonds. The van der Waals surface area contributed by atoms with Gasteiger partial charge < -0.3 is 0 Å². The fraction of sp³-hybridized carbons (Fsp3) is 0.0476. The molecule has 5 nitrogen and oxygen atoms in total. The molecule has 6 heteroatoms. The van der Waals surface area contributed by atoms with Crippen molar-refractivity contribution in [2.75, 3.05) is 0 Å². The lowest BCUT2D eigenvalue weighted by molar-refractivity contribution is -0.114. The Balaban J connectivity index is 1.81. The molecule has 3 aromatic rings. The minimum absolute atomic E-state index is 0.137. The van der Waals surface area contributed by atoms with Crippen LogP contribution in [0.2, 0.25) is 0 Å². The van der Waals surface area contributed by atoms with Crippen LogP contribution >= 0.6 is 0 Å². The van der Waals surface area contributed by atoms with Gasteiger partial charge in [0.15, 0.2) is 5.78 Å². The standard InChI is InChI=1S/C21H17NO4S/c1-15(23)18-9-5-10-19(14-18)27(25,26)22-21(24)13-12-17-8-4-7-16-6-2-3-11-20(16)17/h2-14H,1H3,(H,22,24)/b13-12+. The van der Waals surface area contributed by atoms with E-state index in [1.165, 1.54) is 37.3 Å². The molecule has 0 fully saturated rings. The number of nitrogens with one attached hydrogen (secondary N) is 1. The predicted octanol–water partition coefficient (Wildman–Crippen LogP) is 3.56. The van der Waals surface area contributed by atoms with Gasteiger partial charge in [-0.3, -0.25) is 9.59 Å². The van der Waals surface area contributed by atoms with E-state index in [0.29, 0.717) is 0 Å². The summed E-state index contributed by atoms with van der Waals surface area (Å²) in [6.07, 6.45) is 2.74. The third kappa shape index (κ3) is 4.30. The van der Waals surface area contributed by atoms with Crippen molar-refractivity contribution in [3.05, 3.63) is 83.9 Å². The van der Waals surface area contributed by atoms with Gasteiger partial charge in [-0.25, -0.2) is 13.1 Å². The summed E-state index contributed by atoms with van der Waals surface area (Å²) in [6.45, 7) is 1.34. The van der Waals surface area contributed by atoms with Crippen molar-refractivity contribution in [3.63, 3.8) is 0 Å². The Morgan fingerprint density at radius 1 is 0.926 bits per heavy atom. The molecule has 0 saturated carbocycles. The molecule has 0 radical (unpaired) electrons. The molecule has 0 saturated heterocycles. The van der Waals surface area contributed by atoms with Crippen molar-refractivity contribution >= 4 is 38.6 Å². The Morgan fingerprint density at radius 2 is 1.63 bits per heavy atom. The van der Waals surface area contributed by atoms with Crippen LogP contribution in [0, 0.1) is 0 Å². The second-order valence-electron chi connectivity index (χ2n) is 5.96. The summed E-state index contributed by atoms with van der Waals surface area (Å²) in [5.74, 6) is -1.02. The molecule has 0 bridgehead atoms. The number of rotatable bonds is 5. The van der Waals surface area contributed by atoms with E-state index in [0.717, 1.165) is 16.3 Å². The van der Waals surface area contributed by atoms with Gasteiger partial charge >= 0.3 is 0 Å². The number of hydrogen-bond acceptors (Lipinski definition) is 4. The number of carbonyl (C=O) groups excluding carboxylic acids is 2. The Hall–Kier alpha value is -3.25. The van der Waals surface area contributed by atoms with Gasteiger partial charge in [-0.2, -0.15) is 0 Å². The van der Waals surface area contributed by atoms with Crippen LogP contribution in [0.1, 0.15) is 22.8 Å². The van der Waals surface area contributed by atoms with Gasteiger partial charge in [0.1, 0.15) is 0 Å². The Morgan fingerprint density at radius 3 is 2.41 bits per heavy atom. The van der Waals surface area contributed by atoms with Gasteiger partial charge in [0.05, 0.1) is 4.90 Å². The van der Waals surface area contributed by atoms with Crippen LogP contribution < -0.4 is 4.72 Å². The van der Waals surface area contributed by atoms with Gasteiger partial charge in [-0.05, 0) is 41.5 Å². The van der Waals surface area contributed by atoms with Crippen LogP contribution in [0.5, 0.6) is 0 Å². The normalized spacial score (nSPS) is 11.6. The molecule has 0 unspecified atom stereocenters. The maximum Gasteiger partial charge on any atom is 0.264 e. The van der Waals surface area contributed by atoms with Crippen molar-refractivity contribution in [2.24, 2.45) is 0 Å². The first-order chi connectivity index (χ1) is 12.9. The number of sulfonamides is 1. The molecule has 136 valence electrons. The average Bonchev–Trinajstić information content (AvgIpc) is 2.66. The van der Waals surface area contributed by atoms with Gasteiger partial charge in [-0.15, -0.1) is 0 Å². The van der Waals surface area contributed by atoms with Crippen molar-refractivity contribution < 1.29 is 18.0 Å². The molecule has 3 aromatic carbocycles. The van der Waals surface area contributed by atoms with Crippen molar-refractivity contribution in [1.82, 2.24) is 4.72 Å². The Bertz CT molecular complexity index is 1160. The summed E-state index contributed by atoms with van der Waals surface area (Å²) in [5, 5.41) is 1.98. The molecule has 0 aliphatic heterocycles. The van der Waals surface area contributed by atoms with E-state index in [1.807, 2.05) is 47.2 Å². The highest BCUT2D eigenvalue weighted by Gasteiger charge is 2.17. The number of hydrogen-bond donors (Lipinski definition) is 1. The first-order valence-electron chi connectivity index (χ1n) is 8.20.